The lowest BCUT2D eigenvalue weighted by Gasteiger charge is -2.07. The number of nitrogens with zero attached hydrogens (tertiary/aromatic N) is 1. The van der Waals surface area contributed by atoms with Crippen LogP contribution in [0.2, 0.25) is 0 Å². The Morgan fingerprint density at radius 1 is 0.857 bits per heavy atom. The van der Waals surface area contributed by atoms with Crippen LogP contribution >= 0.6 is 0 Å². The number of aromatic carboxylic acids is 3. The molecule has 0 saturated heterocycles. The summed E-state index contributed by atoms with van der Waals surface area (Å²) >= 11 is 0. The molecule has 2 aromatic rings. The van der Waals surface area contributed by atoms with Crippen LogP contribution < -0.4 is 0 Å². The van der Waals surface area contributed by atoms with Gasteiger partial charge in [0.05, 0.1) is 11.1 Å². The van der Waals surface area contributed by atoms with E-state index in [0.29, 0.717) is 5.56 Å². The van der Waals surface area contributed by atoms with Crippen molar-refractivity contribution in [2.75, 3.05) is 0 Å². The molecule has 7 heteroatoms. The van der Waals surface area contributed by atoms with Crippen molar-refractivity contribution in [2.45, 2.75) is 0 Å². The molecule has 0 amide bonds. The molecule has 0 unspecified atom stereocenters. The van der Waals surface area contributed by atoms with E-state index in [2.05, 4.69) is 4.98 Å². The number of carboxylic acid groups (broad SMARTS) is 3. The first kappa shape index (κ1) is 14.2. The molecule has 21 heavy (non-hydrogen) atoms. The average Bonchev–Trinajstić information content (AvgIpc) is 2.46. The van der Waals surface area contributed by atoms with Crippen molar-refractivity contribution in [3.05, 3.63) is 53.3 Å². The highest BCUT2D eigenvalue weighted by Crippen LogP contribution is 2.25. The summed E-state index contributed by atoms with van der Waals surface area (Å²) in [5.41, 5.74) is 0.125. The number of aromatic nitrogens is 1. The van der Waals surface area contributed by atoms with E-state index in [4.69, 9.17) is 15.3 Å². The zero-order valence-corrected chi connectivity index (χ0v) is 10.5. The molecule has 0 atom stereocenters. The van der Waals surface area contributed by atoms with Gasteiger partial charge >= 0.3 is 17.9 Å². The smallest absolute Gasteiger partial charge is 0.354 e. The van der Waals surface area contributed by atoms with E-state index in [9.17, 15) is 14.4 Å². The molecule has 0 aliphatic rings. The number of carbonyl (C=O) groups is 3. The van der Waals surface area contributed by atoms with Crippen LogP contribution in [0.25, 0.3) is 11.1 Å². The van der Waals surface area contributed by atoms with E-state index < -0.39 is 17.9 Å². The van der Waals surface area contributed by atoms with Gasteiger partial charge in [0.1, 0.15) is 5.69 Å². The molecule has 0 saturated carbocycles. The monoisotopic (exact) mass is 287 g/mol. The molecule has 2 rings (SSSR count). The van der Waals surface area contributed by atoms with Crippen LogP contribution in [0.4, 0.5) is 0 Å². The highest BCUT2D eigenvalue weighted by Gasteiger charge is 2.15. The van der Waals surface area contributed by atoms with Crippen LogP contribution in [-0.4, -0.2) is 38.2 Å². The fraction of sp³-hybridized carbons (Fsp3) is 0. The van der Waals surface area contributed by atoms with Crippen LogP contribution in [0, 0.1) is 0 Å². The van der Waals surface area contributed by atoms with Crippen molar-refractivity contribution in [3.8, 4) is 11.1 Å². The minimum Gasteiger partial charge on any atom is -0.478 e. The Kier molecular flexibility index (Phi) is 3.66. The van der Waals surface area contributed by atoms with E-state index >= 15 is 0 Å². The van der Waals surface area contributed by atoms with Gasteiger partial charge in [-0.1, -0.05) is 6.07 Å². The lowest BCUT2D eigenvalue weighted by atomic mass is 9.98. The molecule has 0 aliphatic heterocycles. The first-order valence-electron chi connectivity index (χ1n) is 5.70. The van der Waals surface area contributed by atoms with Crippen molar-refractivity contribution in [1.29, 1.82) is 0 Å². The summed E-state index contributed by atoms with van der Waals surface area (Å²) in [5, 5.41) is 26.9. The van der Waals surface area contributed by atoms with Gasteiger partial charge in [-0.05, 0) is 29.8 Å². The van der Waals surface area contributed by atoms with Crippen LogP contribution in [0.3, 0.4) is 0 Å². The van der Waals surface area contributed by atoms with Crippen molar-refractivity contribution in [3.63, 3.8) is 0 Å². The predicted molar refractivity (Wildman–Crippen MR) is 70.6 cm³/mol. The number of hydrogen-bond donors (Lipinski definition) is 3. The van der Waals surface area contributed by atoms with Crippen molar-refractivity contribution in [2.24, 2.45) is 0 Å². The summed E-state index contributed by atoms with van der Waals surface area (Å²) < 4.78 is 0. The largest absolute Gasteiger partial charge is 0.478 e. The van der Waals surface area contributed by atoms with Gasteiger partial charge in [-0.15, -0.1) is 0 Å². The molecule has 1 heterocycles. The van der Waals surface area contributed by atoms with Gasteiger partial charge in [0.25, 0.3) is 0 Å². The maximum atomic E-state index is 11.2. The normalized spacial score (nSPS) is 10.1. The lowest BCUT2D eigenvalue weighted by Crippen LogP contribution is -2.04. The summed E-state index contributed by atoms with van der Waals surface area (Å²) in [5.74, 6) is -3.62. The van der Waals surface area contributed by atoms with E-state index in [1.54, 1.807) is 0 Å². The molecule has 0 radical (unpaired) electrons. The third-order valence-electron chi connectivity index (χ3n) is 2.79. The van der Waals surface area contributed by atoms with E-state index in [1.165, 1.54) is 36.5 Å². The molecule has 0 bridgehead atoms. The van der Waals surface area contributed by atoms with Gasteiger partial charge in [0.2, 0.25) is 0 Å². The first-order chi connectivity index (χ1) is 9.90. The number of pyridine rings is 1. The zero-order valence-electron chi connectivity index (χ0n) is 10.5. The van der Waals surface area contributed by atoms with Gasteiger partial charge < -0.3 is 15.3 Å². The second-order valence-corrected chi connectivity index (χ2v) is 4.11. The van der Waals surface area contributed by atoms with Crippen molar-refractivity contribution < 1.29 is 29.7 Å². The Morgan fingerprint density at radius 2 is 1.57 bits per heavy atom. The van der Waals surface area contributed by atoms with E-state index in [1.807, 2.05) is 0 Å². The Hall–Kier alpha value is -3.22. The highest BCUT2D eigenvalue weighted by atomic mass is 16.4. The maximum absolute atomic E-state index is 11.2. The Bertz CT molecular complexity index is 736. The minimum absolute atomic E-state index is 0.0719. The number of carboxylic acids is 3. The molecular formula is C14H9NO6. The third kappa shape index (κ3) is 2.86. The minimum atomic E-state index is -1.22. The van der Waals surface area contributed by atoms with E-state index in [0.717, 1.165) is 0 Å². The molecule has 0 fully saturated rings. The fourth-order valence-corrected chi connectivity index (χ4v) is 1.78. The van der Waals surface area contributed by atoms with Crippen LogP contribution in [0.1, 0.15) is 31.2 Å². The van der Waals surface area contributed by atoms with Crippen LogP contribution in [0.5, 0.6) is 0 Å². The van der Waals surface area contributed by atoms with Crippen molar-refractivity contribution >= 4 is 17.9 Å². The molecule has 0 spiro atoms. The number of benzene rings is 1. The summed E-state index contributed by atoms with van der Waals surface area (Å²) in [6, 6.07) is 6.18. The molecule has 1 aromatic heterocycles. The number of hydrogen-bond acceptors (Lipinski definition) is 4. The molecule has 1 aromatic carbocycles. The molecular weight excluding hydrogens is 278 g/mol. The van der Waals surface area contributed by atoms with Gasteiger partial charge in [0.15, 0.2) is 0 Å². The average molecular weight is 287 g/mol. The second kappa shape index (κ2) is 5.41. The second-order valence-electron chi connectivity index (χ2n) is 4.11. The topological polar surface area (TPSA) is 125 Å². The Labute approximate surface area is 118 Å². The maximum Gasteiger partial charge on any atom is 0.354 e. The Balaban J connectivity index is 2.59. The molecule has 7 nitrogen and oxygen atoms in total. The summed E-state index contributed by atoms with van der Waals surface area (Å²) in [7, 11) is 0. The van der Waals surface area contributed by atoms with Crippen molar-refractivity contribution in [1.82, 2.24) is 4.98 Å². The lowest BCUT2D eigenvalue weighted by molar-refractivity contribution is 0.0682. The number of rotatable bonds is 4. The van der Waals surface area contributed by atoms with E-state index in [-0.39, 0.29) is 22.4 Å². The highest BCUT2D eigenvalue weighted by molar-refractivity contribution is 5.99. The van der Waals surface area contributed by atoms with Gasteiger partial charge in [-0.3, -0.25) is 0 Å². The van der Waals surface area contributed by atoms with Gasteiger partial charge in [0, 0.05) is 11.8 Å². The summed E-state index contributed by atoms with van der Waals surface area (Å²) in [4.78, 5) is 36.6. The SMILES string of the molecule is O=C(O)c1ccc(C(=O)O)c(-c2ccc(C(=O)O)nc2)c1. The van der Waals surface area contributed by atoms with Gasteiger partial charge in [-0.2, -0.15) is 0 Å². The summed E-state index contributed by atoms with van der Waals surface area (Å²) in [6.45, 7) is 0. The van der Waals surface area contributed by atoms with Crippen LogP contribution in [0.15, 0.2) is 36.5 Å². The zero-order chi connectivity index (χ0) is 15.6. The molecule has 0 aliphatic carbocycles. The first-order valence-corrected chi connectivity index (χ1v) is 5.70. The van der Waals surface area contributed by atoms with Gasteiger partial charge in [-0.25, -0.2) is 19.4 Å². The molecule has 3 N–H and O–H groups in total. The molecule has 106 valence electrons. The van der Waals surface area contributed by atoms with Crippen LogP contribution in [-0.2, 0) is 0 Å². The standard InChI is InChI=1S/C14H9NO6/c16-12(17)7-1-3-9(13(18)19)10(5-7)8-2-4-11(14(20)21)15-6-8/h1-6H,(H,16,17)(H,18,19)(H,20,21). The Morgan fingerprint density at radius 3 is 2.05 bits per heavy atom. The predicted octanol–water partition coefficient (Wildman–Crippen LogP) is 1.84. The third-order valence-corrected chi connectivity index (χ3v) is 2.79. The quantitative estimate of drug-likeness (QED) is 0.783. The summed E-state index contributed by atoms with van der Waals surface area (Å²) in [6.07, 6.45) is 1.19. The fourth-order valence-electron chi connectivity index (χ4n) is 1.78.